The maximum absolute atomic E-state index is 15.9. The Morgan fingerprint density at radius 3 is 2.40 bits per heavy atom. The van der Waals surface area contributed by atoms with E-state index in [1.54, 1.807) is 13.0 Å². The Morgan fingerprint density at radius 2 is 1.77 bits per heavy atom. The number of nitrogens with zero attached hydrogens (tertiary/aromatic N) is 5. The van der Waals surface area contributed by atoms with E-state index in [1.165, 1.54) is 31.5 Å². The first-order chi connectivity index (χ1) is 20.5. The molecule has 5 rings (SSSR count). The van der Waals surface area contributed by atoms with Gasteiger partial charge in [-0.2, -0.15) is 0 Å². The van der Waals surface area contributed by atoms with E-state index in [0.29, 0.717) is 24.5 Å². The fourth-order valence-corrected chi connectivity index (χ4v) is 5.79. The minimum atomic E-state index is -1.72. The summed E-state index contributed by atoms with van der Waals surface area (Å²) in [7, 11) is 6.40. The molecule has 9 nitrogen and oxygen atoms in total. The van der Waals surface area contributed by atoms with E-state index < -0.39 is 28.8 Å². The molecule has 222 valence electrons. The molecule has 2 radical (unpaired) electrons. The highest BCUT2D eigenvalue weighted by molar-refractivity contribution is 6.30. The van der Waals surface area contributed by atoms with Gasteiger partial charge in [0.15, 0.2) is 5.82 Å². The fourth-order valence-electron chi connectivity index (χ4n) is 5.79. The number of pyridine rings is 1. The summed E-state index contributed by atoms with van der Waals surface area (Å²) in [5, 5.41) is 0. The number of rotatable bonds is 10. The molecule has 0 spiro atoms. The average Bonchev–Trinajstić information content (AvgIpc) is 3.35. The molecule has 1 saturated heterocycles. The summed E-state index contributed by atoms with van der Waals surface area (Å²) in [6.07, 6.45) is 4.33. The number of likely N-dealkylation sites (tertiary alicyclic amines) is 1. The lowest BCUT2D eigenvalue weighted by molar-refractivity contribution is -0.124. The van der Waals surface area contributed by atoms with Crippen LogP contribution in [0.25, 0.3) is 11.3 Å². The number of halogens is 2. The standard InChI is InChI=1S/C31H33BF2N6O3/c1-3-22(42)8-11-31(32,18(2)41)40-17-25-23(30(40)43)5-6-24(27(25)34)26-7-4-20(28(35)38-26)16-39-12-9-19(10-13-39)29-36-14-21(33)15-37-29/h4-7,14-15,19H,3,8-13,16-17H2,1-2H3,(H2,35,38)/t31-/m0/s1. The van der Waals surface area contributed by atoms with Crippen molar-refractivity contribution in [1.82, 2.24) is 24.8 Å². The monoisotopic (exact) mass is 586 g/mol. The van der Waals surface area contributed by atoms with E-state index in [-0.39, 0.29) is 53.6 Å². The van der Waals surface area contributed by atoms with Crippen LogP contribution >= 0.6 is 0 Å². The number of carbonyl (C=O) groups excluding carboxylic acids is 3. The lowest BCUT2D eigenvalue weighted by Gasteiger charge is -2.37. The van der Waals surface area contributed by atoms with Crippen LogP contribution in [0.4, 0.5) is 14.6 Å². The second-order valence-corrected chi connectivity index (χ2v) is 11.3. The van der Waals surface area contributed by atoms with Crippen molar-refractivity contribution in [1.29, 1.82) is 0 Å². The third-order valence-corrected chi connectivity index (χ3v) is 8.58. The quantitative estimate of drug-likeness (QED) is 0.355. The van der Waals surface area contributed by atoms with Gasteiger partial charge in [0.05, 0.1) is 23.5 Å². The van der Waals surface area contributed by atoms with Gasteiger partial charge in [0.2, 0.25) is 0 Å². The number of piperidine rings is 1. The van der Waals surface area contributed by atoms with Crippen LogP contribution in [0.2, 0.25) is 0 Å². The highest BCUT2D eigenvalue weighted by Gasteiger charge is 2.44. The fraction of sp³-hybridized carbons (Fsp3) is 0.419. The molecular formula is C31H33BF2N6O3. The lowest BCUT2D eigenvalue weighted by atomic mass is 9.69. The van der Waals surface area contributed by atoms with Crippen molar-refractivity contribution < 1.29 is 23.2 Å². The molecule has 0 saturated carbocycles. The SMILES string of the molecule is [B][C@](CCC(=O)CC)(C(C)=O)N1Cc2c(ccc(-c3ccc(CN4CCC(c5ncc(F)cn5)CC4)c(N)n3)c2F)C1=O. The Morgan fingerprint density at radius 1 is 1.09 bits per heavy atom. The van der Waals surface area contributed by atoms with Gasteiger partial charge in [-0.25, -0.2) is 23.7 Å². The molecule has 43 heavy (non-hydrogen) atoms. The lowest BCUT2D eigenvalue weighted by Crippen LogP contribution is -2.54. The molecule has 2 N–H and O–H groups in total. The van der Waals surface area contributed by atoms with Crippen molar-refractivity contribution in [3.8, 4) is 11.3 Å². The van der Waals surface area contributed by atoms with Gasteiger partial charge in [-0.3, -0.25) is 19.3 Å². The number of amides is 1. The molecular weight excluding hydrogens is 553 g/mol. The van der Waals surface area contributed by atoms with Crippen LogP contribution in [-0.2, 0) is 22.7 Å². The maximum Gasteiger partial charge on any atom is 0.254 e. The smallest absolute Gasteiger partial charge is 0.254 e. The molecule has 0 unspecified atom stereocenters. The number of benzene rings is 1. The van der Waals surface area contributed by atoms with Gasteiger partial charge in [0.25, 0.3) is 5.91 Å². The number of aromatic nitrogens is 3. The Labute approximate surface area is 250 Å². The Bertz CT molecular complexity index is 1560. The number of carbonyl (C=O) groups is 3. The van der Waals surface area contributed by atoms with Gasteiger partial charge in [-0.15, -0.1) is 0 Å². The highest BCUT2D eigenvalue weighted by atomic mass is 19.1. The van der Waals surface area contributed by atoms with E-state index in [0.717, 1.165) is 36.4 Å². The van der Waals surface area contributed by atoms with Crippen molar-refractivity contribution in [2.24, 2.45) is 0 Å². The second kappa shape index (κ2) is 12.3. The zero-order valence-electron chi connectivity index (χ0n) is 24.3. The number of nitrogen functional groups attached to an aromatic ring is 1. The molecule has 12 heteroatoms. The Balaban J connectivity index is 1.29. The van der Waals surface area contributed by atoms with Crippen LogP contribution < -0.4 is 5.73 Å². The number of Topliss-reactive ketones (excluding diaryl/α,β-unsaturated/α-hetero) is 2. The molecule has 3 aromatic rings. The van der Waals surface area contributed by atoms with Gasteiger partial charge >= 0.3 is 0 Å². The maximum atomic E-state index is 15.9. The van der Waals surface area contributed by atoms with Gasteiger partial charge < -0.3 is 10.6 Å². The molecule has 4 heterocycles. The average molecular weight is 586 g/mol. The van der Waals surface area contributed by atoms with Crippen molar-refractivity contribution >= 4 is 31.1 Å². The summed E-state index contributed by atoms with van der Waals surface area (Å²) in [5.41, 5.74) is 6.14. The molecule has 1 amide bonds. The Hall–Kier alpha value is -4.06. The van der Waals surface area contributed by atoms with E-state index in [1.807, 2.05) is 6.07 Å². The van der Waals surface area contributed by atoms with Gasteiger partial charge in [-0.1, -0.05) is 13.0 Å². The van der Waals surface area contributed by atoms with Crippen LogP contribution in [0.3, 0.4) is 0 Å². The number of fused-ring (bicyclic) bond motifs is 1. The van der Waals surface area contributed by atoms with E-state index in [2.05, 4.69) is 19.9 Å². The van der Waals surface area contributed by atoms with Crippen LogP contribution in [0.5, 0.6) is 0 Å². The predicted octanol–water partition coefficient (Wildman–Crippen LogP) is 3.95. The molecule has 2 aliphatic heterocycles. The number of hydrogen-bond donors (Lipinski definition) is 1. The molecule has 1 atom stereocenters. The second-order valence-electron chi connectivity index (χ2n) is 11.3. The van der Waals surface area contributed by atoms with Crippen molar-refractivity contribution in [2.75, 3.05) is 18.8 Å². The normalized spacial score (nSPS) is 17.1. The number of anilines is 1. The van der Waals surface area contributed by atoms with E-state index >= 15 is 4.39 Å². The first-order valence-corrected chi connectivity index (χ1v) is 14.4. The first kappa shape index (κ1) is 30.4. The summed E-state index contributed by atoms with van der Waals surface area (Å²) in [6, 6.07) is 6.51. The van der Waals surface area contributed by atoms with Crippen molar-refractivity contribution in [3.05, 3.63) is 70.8 Å². The topological polar surface area (TPSA) is 122 Å². The minimum absolute atomic E-state index is 0.0384. The number of ketones is 2. The molecule has 2 aromatic heterocycles. The Kier molecular flexibility index (Phi) is 8.68. The minimum Gasteiger partial charge on any atom is -0.383 e. The molecule has 1 aromatic carbocycles. The molecule has 0 aliphatic carbocycles. The van der Waals surface area contributed by atoms with E-state index in [9.17, 15) is 18.8 Å². The van der Waals surface area contributed by atoms with E-state index in [4.69, 9.17) is 13.6 Å². The summed E-state index contributed by atoms with van der Waals surface area (Å²) >= 11 is 0. The third-order valence-electron chi connectivity index (χ3n) is 8.58. The highest BCUT2D eigenvalue weighted by Crippen LogP contribution is 2.37. The molecule has 1 fully saturated rings. The molecule has 0 bridgehead atoms. The number of hydrogen-bond acceptors (Lipinski definition) is 8. The summed E-state index contributed by atoms with van der Waals surface area (Å²) in [6.45, 7) is 4.92. The summed E-state index contributed by atoms with van der Waals surface area (Å²) < 4.78 is 29.0. The zero-order valence-corrected chi connectivity index (χ0v) is 24.3. The third kappa shape index (κ3) is 6.06. The predicted molar refractivity (Wildman–Crippen MR) is 157 cm³/mol. The van der Waals surface area contributed by atoms with Crippen molar-refractivity contribution in [3.63, 3.8) is 0 Å². The molecule has 2 aliphatic rings. The number of nitrogens with two attached hydrogens (primary N) is 1. The van der Waals surface area contributed by atoms with Crippen molar-refractivity contribution in [2.45, 2.75) is 70.4 Å². The van der Waals surface area contributed by atoms with Gasteiger partial charge in [0.1, 0.15) is 36.9 Å². The van der Waals surface area contributed by atoms with Gasteiger partial charge in [-0.05, 0) is 57.5 Å². The van der Waals surface area contributed by atoms with Crippen LogP contribution in [0.1, 0.15) is 79.2 Å². The van der Waals surface area contributed by atoms with Gasteiger partial charge in [0, 0.05) is 54.1 Å². The largest absolute Gasteiger partial charge is 0.383 e. The van der Waals surface area contributed by atoms with Crippen LogP contribution in [0.15, 0.2) is 36.7 Å². The summed E-state index contributed by atoms with van der Waals surface area (Å²) in [4.78, 5) is 53.8. The zero-order chi connectivity index (χ0) is 30.9. The van der Waals surface area contributed by atoms with Crippen LogP contribution in [0, 0.1) is 11.6 Å². The first-order valence-electron chi connectivity index (χ1n) is 14.4. The summed E-state index contributed by atoms with van der Waals surface area (Å²) in [5.74, 6) is -1.10. The van der Waals surface area contributed by atoms with Crippen LogP contribution in [-0.4, -0.2) is 68.6 Å².